The third kappa shape index (κ3) is 3.16. The van der Waals surface area contributed by atoms with Crippen LogP contribution in [-0.4, -0.2) is 47.9 Å². The van der Waals surface area contributed by atoms with E-state index in [1.807, 2.05) is 0 Å². The number of hydrogen-bond donors (Lipinski definition) is 1. The maximum Gasteiger partial charge on any atom is 0.261 e. The second-order valence-corrected chi connectivity index (χ2v) is 8.29. The lowest BCUT2D eigenvalue weighted by Gasteiger charge is -2.18. The van der Waals surface area contributed by atoms with Crippen molar-refractivity contribution in [2.24, 2.45) is 11.8 Å². The van der Waals surface area contributed by atoms with E-state index < -0.39 is 0 Å². The van der Waals surface area contributed by atoms with Gasteiger partial charge in [-0.2, -0.15) is 0 Å². The third-order valence-corrected chi connectivity index (χ3v) is 6.20. The molecule has 1 aromatic rings. The largest absolute Gasteiger partial charge is 0.376 e. The molecule has 5 rings (SSSR count). The van der Waals surface area contributed by atoms with Gasteiger partial charge in [0, 0.05) is 18.2 Å². The van der Waals surface area contributed by atoms with Crippen molar-refractivity contribution < 1.29 is 19.1 Å². The van der Waals surface area contributed by atoms with E-state index in [9.17, 15) is 14.4 Å². The topological polar surface area (TPSA) is 75.7 Å². The first kappa shape index (κ1) is 16.9. The Morgan fingerprint density at radius 3 is 2.41 bits per heavy atom. The molecule has 2 saturated carbocycles. The fourth-order valence-electron chi connectivity index (χ4n) is 4.36. The van der Waals surface area contributed by atoms with Crippen molar-refractivity contribution in [3.8, 4) is 0 Å². The molecule has 0 aromatic heterocycles. The van der Waals surface area contributed by atoms with E-state index in [4.69, 9.17) is 4.74 Å². The van der Waals surface area contributed by atoms with E-state index in [1.54, 1.807) is 18.2 Å². The van der Waals surface area contributed by atoms with Crippen LogP contribution in [0, 0.1) is 11.8 Å². The lowest BCUT2D eigenvalue weighted by molar-refractivity contribution is 0.0475. The predicted octanol–water partition coefficient (Wildman–Crippen LogP) is 2.38. The van der Waals surface area contributed by atoms with Crippen molar-refractivity contribution in [2.75, 3.05) is 13.2 Å². The third-order valence-electron chi connectivity index (χ3n) is 6.20. The molecular formula is C21H24N2O4. The average Bonchev–Trinajstić information content (AvgIpc) is 3.61. The Kier molecular flexibility index (Phi) is 4.04. The fourth-order valence-corrected chi connectivity index (χ4v) is 4.36. The second-order valence-electron chi connectivity index (χ2n) is 8.29. The maximum atomic E-state index is 12.7. The molecule has 2 aliphatic heterocycles. The zero-order valence-electron chi connectivity index (χ0n) is 15.3. The highest BCUT2D eigenvalue weighted by molar-refractivity contribution is 6.22. The predicted molar refractivity (Wildman–Crippen MR) is 97.5 cm³/mol. The lowest BCUT2D eigenvalue weighted by atomic mass is 10.0. The van der Waals surface area contributed by atoms with Gasteiger partial charge in [0.15, 0.2) is 0 Å². The van der Waals surface area contributed by atoms with Crippen LogP contribution in [0.15, 0.2) is 18.2 Å². The van der Waals surface area contributed by atoms with E-state index in [0.29, 0.717) is 41.7 Å². The molecule has 3 amide bonds. The molecule has 6 heteroatoms. The molecule has 0 spiro atoms. The first-order valence-corrected chi connectivity index (χ1v) is 10.0. The molecular weight excluding hydrogens is 344 g/mol. The molecule has 1 aromatic carbocycles. The first-order valence-electron chi connectivity index (χ1n) is 10.0. The minimum Gasteiger partial charge on any atom is -0.376 e. The van der Waals surface area contributed by atoms with Crippen LogP contribution in [0.25, 0.3) is 0 Å². The van der Waals surface area contributed by atoms with Gasteiger partial charge in [0.2, 0.25) is 0 Å². The smallest absolute Gasteiger partial charge is 0.261 e. The van der Waals surface area contributed by atoms with Gasteiger partial charge in [0.05, 0.1) is 23.8 Å². The Hall–Kier alpha value is -2.21. The zero-order valence-corrected chi connectivity index (χ0v) is 15.3. The number of carbonyl (C=O) groups is 3. The second kappa shape index (κ2) is 6.44. The van der Waals surface area contributed by atoms with Gasteiger partial charge in [-0.15, -0.1) is 0 Å². The van der Waals surface area contributed by atoms with Gasteiger partial charge >= 0.3 is 0 Å². The summed E-state index contributed by atoms with van der Waals surface area (Å²) in [6, 6.07) is 5.12. The molecule has 1 unspecified atom stereocenters. The average molecular weight is 368 g/mol. The van der Waals surface area contributed by atoms with Crippen LogP contribution in [0.4, 0.5) is 0 Å². The highest BCUT2D eigenvalue weighted by Crippen LogP contribution is 2.44. The maximum absolute atomic E-state index is 12.7. The molecule has 1 N–H and O–H groups in total. The standard InChI is InChI=1S/C21H24N2O4/c24-19(22-18(12-3-4-12)13-5-6-13)14-7-8-16-17(10-14)21(26)23(20(16)25)11-15-2-1-9-27-15/h7-8,10,12-13,15,18H,1-6,9,11H2,(H,22,24). The van der Waals surface area contributed by atoms with Crippen molar-refractivity contribution in [3.63, 3.8) is 0 Å². The summed E-state index contributed by atoms with van der Waals surface area (Å²) >= 11 is 0. The highest BCUT2D eigenvalue weighted by atomic mass is 16.5. The van der Waals surface area contributed by atoms with Crippen LogP contribution in [-0.2, 0) is 4.74 Å². The van der Waals surface area contributed by atoms with E-state index in [1.165, 1.54) is 30.6 Å². The number of benzene rings is 1. The van der Waals surface area contributed by atoms with Crippen LogP contribution in [0.2, 0.25) is 0 Å². The minimum absolute atomic E-state index is 0.0761. The van der Waals surface area contributed by atoms with Gasteiger partial charge in [0.1, 0.15) is 0 Å². The normalized spacial score (nSPS) is 24.6. The Balaban J connectivity index is 1.33. The molecule has 2 aliphatic carbocycles. The zero-order chi connectivity index (χ0) is 18.5. The fraction of sp³-hybridized carbons (Fsp3) is 0.571. The molecule has 2 heterocycles. The summed E-state index contributed by atoms with van der Waals surface area (Å²) in [4.78, 5) is 39.3. The lowest BCUT2D eigenvalue weighted by Crippen LogP contribution is -2.38. The molecule has 0 bridgehead atoms. The Labute approximate surface area is 158 Å². The van der Waals surface area contributed by atoms with E-state index in [0.717, 1.165) is 12.8 Å². The van der Waals surface area contributed by atoms with Gasteiger partial charge in [0.25, 0.3) is 17.7 Å². The highest BCUT2D eigenvalue weighted by Gasteiger charge is 2.43. The van der Waals surface area contributed by atoms with Crippen LogP contribution in [0.3, 0.4) is 0 Å². The van der Waals surface area contributed by atoms with E-state index in [2.05, 4.69) is 5.32 Å². The Bertz CT molecular complexity index is 794. The Morgan fingerprint density at radius 2 is 1.78 bits per heavy atom. The monoisotopic (exact) mass is 368 g/mol. The quantitative estimate of drug-likeness (QED) is 0.782. The molecule has 142 valence electrons. The summed E-state index contributed by atoms with van der Waals surface area (Å²) in [5.74, 6) is 0.480. The SMILES string of the molecule is O=C(NC(C1CC1)C1CC1)c1ccc2c(c1)C(=O)N(CC1CCCO1)C2=O. The van der Waals surface area contributed by atoms with Gasteiger partial charge in [-0.25, -0.2) is 0 Å². The number of hydrogen-bond acceptors (Lipinski definition) is 4. The van der Waals surface area contributed by atoms with Gasteiger partial charge in [-0.1, -0.05) is 0 Å². The van der Waals surface area contributed by atoms with Crippen LogP contribution >= 0.6 is 0 Å². The molecule has 1 saturated heterocycles. The van der Waals surface area contributed by atoms with Crippen LogP contribution < -0.4 is 5.32 Å². The summed E-state index contributed by atoms with van der Waals surface area (Å²) in [6.45, 7) is 0.973. The molecule has 1 atom stereocenters. The molecule has 0 radical (unpaired) electrons. The van der Waals surface area contributed by atoms with Crippen molar-refractivity contribution >= 4 is 17.7 Å². The number of carbonyl (C=O) groups excluding carboxylic acids is 3. The summed E-state index contributed by atoms with van der Waals surface area (Å²) in [6.07, 6.45) is 6.51. The van der Waals surface area contributed by atoms with Gasteiger partial charge < -0.3 is 10.1 Å². The summed E-state index contributed by atoms with van der Waals surface area (Å²) in [5.41, 5.74) is 1.18. The van der Waals surface area contributed by atoms with Crippen molar-refractivity contribution in [1.29, 1.82) is 0 Å². The van der Waals surface area contributed by atoms with Crippen molar-refractivity contribution in [3.05, 3.63) is 34.9 Å². The molecule has 4 aliphatic rings. The van der Waals surface area contributed by atoms with E-state index >= 15 is 0 Å². The van der Waals surface area contributed by atoms with Crippen LogP contribution in [0.5, 0.6) is 0 Å². The molecule has 6 nitrogen and oxygen atoms in total. The number of fused-ring (bicyclic) bond motifs is 1. The van der Waals surface area contributed by atoms with Gasteiger partial charge in [-0.05, 0) is 68.6 Å². The summed E-state index contributed by atoms with van der Waals surface area (Å²) < 4.78 is 5.56. The van der Waals surface area contributed by atoms with Crippen molar-refractivity contribution in [1.82, 2.24) is 10.2 Å². The molecule has 3 fully saturated rings. The van der Waals surface area contributed by atoms with Crippen molar-refractivity contribution in [2.45, 2.75) is 50.7 Å². The van der Waals surface area contributed by atoms with E-state index in [-0.39, 0.29) is 29.9 Å². The number of nitrogens with zero attached hydrogens (tertiary/aromatic N) is 1. The number of rotatable bonds is 6. The summed E-state index contributed by atoms with van der Waals surface area (Å²) in [7, 11) is 0. The van der Waals surface area contributed by atoms with Gasteiger partial charge in [-0.3, -0.25) is 19.3 Å². The Morgan fingerprint density at radius 1 is 1.07 bits per heavy atom. The number of imide groups is 1. The molecule has 27 heavy (non-hydrogen) atoms. The minimum atomic E-state index is -0.318. The summed E-state index contributed by atoms with van der Waals surface area (Å²) in [5, 5.41) is 3.18. The number of nitrogens with one attached hydrogen (secondary N) is 1. The number of ether oxygens (including phenoxy) is 1. The van der Waals surface area contributed by atoms with Crippen LogP contribution in [0.1, 0.15) is 69.6 Å². The number of amides is 3. The first-order chi connectivity index (χ1) is 13.1.